The molecular weight excluding hydrogens is 388 g/mol. The molecule has 0 fully saturated rings. The fraction of sp³-hybridized carbons (Fsp3) is 0.160. The number of hydrogen-bond donors (Lipinski definition) is 2. The maximum Gasteiger partial charge on any atom is 0.267 e. The van der Waals surface area contributed by atoms with Crippen LogP contribution in [0.4, 0.5) is 5.95 Å². The number of hydrazone groups is 1. The number of nitrogens with zero attached hydrogens (tertiary/aromatic N) is 3. The zero-order valence-electron chi connectivity index (χ0n) is 17.7. The molecule has 0 aliphatic heterocycles. The maximum absolute atomic E-state index is 13.3. The molecule has 0 aliphatic carbocycles. The minimum atomic E-state index is -0.164. The lowest BCUT2D eigenvalue weighted by Crippen LogP contribution is -2.23. The largest absolute Gasteiger partial charge is 0.508 e. The maximum atomic E-state index is 13.3. The number of anilines is 1. The molecule has 4 rings (SSSR count). The van der Waals surface area contributed by atoms with Crippen LogP contribution >= 0.6 is 0 Å². The van der Waals surface area contributed by atoms with Crippen LogP contribution in [-0.4, -0.2) is 20.4 Å². The zero-order chi connectivity index (χ0) is 22.0. The van der Waals surface area contributed by atoms with E-state index in [0.29, 0.717) is 34.2 Å². The van der Waals surface area contributed by atoms with Crippen molar-refractivity contribution >= 4 is 22.6 Å². The normalized spacial score (nSPS) is 11.8. The van der Waals surface area contributed by atoms with E-state index >= 15 is 0 Å². The van der Waals surface area contributed by atoms with E-state index in [1.807, 2.05) is 49.4 Å². The summed E-state index contributed by atoms with van der Waals surface area (Å²) in [5.74, 6) is 0.925. The van der Waals surface area contributed by atoms with Crippen molar-refractivity contribution in [3.05, 3.63) is 94.3 Å². The first-order valence-corrected chi connectivity index (χ1v) is 10.2. The summed E-state index contributed by atoms with van der Waals surface area (Å²) in [7, 11) is 0. The fourth-order valence-corrected chi connectivity index (χ4v) is 3.36. The minimum absolute atomic E-state index is 0.164. The Morgan fingerprint density at radius 2 is 1.68 bits per heavy atom. The summed E-state index contributed by atoms with van der Waals surface area (Å²) < 4.78 is 1.54. The molecule has 0 radical (unpaired) electrons. The smallest absolute Gasteiger partial charge is 0.267 e. The van der Waals surface area contributed by atoms with Crippen LogP contribution in [0.3, 0.4) is 0 Å². The topological polar surface area (TPSA) is 79.5 Å². The predicted molar refractivity (Wildman–Crippen MR) is 125 cm³/mol. The van der Waals surface area contributed by atoms with Gasteiger partial charge in [-0.2, -0.15) is 5.10 Å². The monoisotopic (exact) mass is 412 g/mol. The number of para-hydroxylation sites is 1. The number of rotatable bonds is 5. The summed E-state index contributed by atoms with van der Waals surface area (Å²) >= 11 is 0. The van der Waals surface area contributed by atoms with Crippen molar-refractivity contribution < 1.29 is 5.11 Å². The molecule has 4 aromatic rings. The molecule has 6 heteroatoms. The molecule has 0 unspecified atom stereocenters. The highest BCUT2D eigenvalue weighted by Gasteiger charge is 2.13. The van der Waals surface area contributed by atoms with E-state index < -0.39 is 0 Å². The molecule has 156 valence electrons. The highest BCUT2D eigenvalue weighted by atomic mass is 16.3. The first-order chi connectivity index (χ1) is 14.9. The van der Waals surface area contributed by atoms with Gasteiger partial charge in [0.25, 0.3) is 5.56 Å². The molecular formula is C25H24N4O2. The molecule has 6 nitrogen and oxygen atoms in total. The van der Waals surface area contributed by atoms with Gasteiger partial charge >= 0.3 is 0 Å². The van der Waals surface area contributed by atoms with Gasteiger partial charge in [-0.05, 0) is 72.5 Å². The van der Waals surface area contributed by atoms with Crippen molar-refractivity contribution in [1.29, 1.82) is 0 Å². The van der Waals surface area contributed by atoms with Crippen molar-refractivity contribution in [2.45, 2.75) is 26.7 Å². The van der Waals surface area contributed by atoms with Crippen LogP contribution in [0.2, 0.25) is 0 Å². The number of nitrogens with one attached hydrogen (secondary N) is 1. The number of phenolic OH excluding ortho intramolecular Hbond substituents is 1. The molecule has 0 bridgehead atoms. The van der Waals surface area contributed by atoms with Gasteiger partial charge in [-0.1, -0.05) is 38.1 Å². The molecule has 0 amide bonds. The molecule has 1 aromatic heterocycles. The van der Waals surface area contributed by atoms with E-state index in [1.165, 1.54) is 5.56 Å². The van der Waals surface area contributed by atoms with E-state index in [4.69, 9.17) is 0 Å². The van der Waals surface area contributed by atoms with Gasteiger partial charge in [0.1, 0.15) is 5.75 Å². The molecule has 31 heavy (non-hydrogen) atoms. The standard InChI is InChI=1S/C25H24N4O2/c1-16(2)18-8-12-20(13-9-18)29-24(31)22-6-4-5-7-23(22)26-25(29)28-27-17(3)19-10-14-21(30)15-11-19/h4-16,30H,1-3H3,(H,26,28)/b27-17+. The zero-order valence-corrected chi connectivity index (χ0v) is 17.7. The molecule has 3 aromatic carbocycles. The Morgan fingerprint density at radius 3 is 2.35 bits per heavy atom. The van der Waals surface area contributed by atoms with E-state index in [9.17, 15) is 9.90 Å². The van der Waals surface area contributed by atoms with E-state index in [1.54, 1.807) is 34.9 Å². The molecule has 0 saturated heterocycles. The number of benzene rings is 3. The number of phenols is 1. The molecule has 0 saturated carbocycles. The molecule has 0 aliphatic rings. The van der Waals surface area contributed by atoms with Crippen LogP contribution in [0, 0.1) is 0 Å². The van der Waals surface area contributed by atoms with Gasteiger partial charge in [-0.25, -0.2) is 15.0 Å². The van der Waals surface area contributed by atoms with Gasteiger partial charge in [-0.15, -0.1) is 0 Å². The summed E-state index contributed by atoms with van der Waals surface area (Å²) in [6.45, 7) is 6.11. The van der Waals surface area contributed by atoms with Crippen LogP contribution in [0.15, 0.2) is 82.7 Å². The Morgan fingerprint density at radius 1 is 1.00 bits per heavy atom. The summed E-state index contributed by atoms with van der Waals surface area (Å²) in [6, 6.07) is 21.9. The first kappa shape index (κ1) is 20.3. The van der Waals surface area contributed by atoms with Crippen molar-refractivity contribution in [3.63, 3.8) is 0 Å². The van der Waals surface area contributed by atoms with Crippen molar-refractivity contribution in [2.75, 3.05) is 5.43 Å². The second-order valence-electron chi connectivity index (χ2n) is 7.70. The molecule has 2 N–H and O–H groups in total. The Labute approximate surface area is 180 Å². The van der Waals surface area contributed by atoms with Crippen LogP contribution in [0.5, 0.6) is 5.75 Å². The number of hydrogen-bond acceptors (Lipinski definition) is 5. The first-order valence-electron chi connectivity index (χ1n) is 10.2. The SMILES string of the molecule is C/C(=N\Nc1nc2ccccc2c(=O)n1-c1ccc(C(C)C)cc1)c1ccc(O)cc1. The van der Waals surface area contributed by atoms with Gasteiger partial charge in [-0.3, -0.25) is 4.79 Å². The molecule has 1 heterocycles. The Balaban J connectivity index is 1.81. The fourth-order valence-electron chi connectivity index (χ4n) is 3.36. The summed E-state index contributed by atoms with van der Waals surface area (Å²) in [5.41, 5.74) is 6.87. The van der Waals surface area contributed by atoms with Crippen LogP contribution in [0.25, 0.3) is 16.6 Å². The van der Waals surface area contributed by atoms with Crippen LogP contribution in [-0.2, 0) is 0 Å². The third kappa shape index (κ3) is 4.19. The third-order valence-corrected chi connectivity index (χ3v) is 5.20. The minimum Gasteiger partial charge on any atom is -0.508 e. The Hall–Kier alpha value is -3.93. The quantitative estimate of drug-likeness (QED) is 0.355. The summed E-state index contributed by atoms with van der Waals surface area (Å²) in [6.07, 6.45) is 0. The van der Waals surface area contributed by atoms with Gasteiger partial charge < -0.3 is 5.11 Å². The second-order valence-corrected chi connectivity index (χ2v) is 7.70. The highest BCUT2D eigenvalue weighted by Crippen LogP contribution is 2.20. The summed E-state index contributed by atoms with van der Waals surface area (Å²) in [4.78, 5) is 18.0. The predicted octanol–water partition coefficient (Wildman–Crippen LogP) is 5.05. The number of fused-ring (bicyclic) bond motifs is 1. The van der Waals surface area contributed by atoms with E-state index in [2.05, 4.69) is 29.4 Å². The third-order valence-electron chi connectivity index (χ3n) is 5.20. The second kappa shape index (κ2) is 8.44. The van der Waals surface area contributed by atoms with Gasteiger partial charge in [0.2, 0.25) is 5.95 Å². The van der Waals surface area contributed by atoms with Gasteiger partial charge in [0.15, 0.2) is 0 Å². The highest BCUT2D eigenvalue weighted by molar-refractivity contribution is 5.99. The number of aromatic nitrogens is 2. The number of aromatic hydroxyl groups is 1. The van der Waals surface area contributed by atoms with E-state index in [0.717, 1.165) is 5.56 Å². The van der Waals surface area contributed by atoms with Crippen molar-refractivity contribution in [3.8, 4) is 11.4 Å². The summed E-state index contributed by atoms with van der Waals surface area (Å²) in [5, 5.41) is 14.5. The van der Waals surface area contributed by atoms with Crippen molar-refractivity contribution in [2.24, 2.45) is 5.10 Å². The average molecular weight is 412 g/mol. The van der Waals surface area contributed by atoms with E-state index in [-0.39, 0.29) is 11.3 Å². The van der Waals surface area contributed by atoms with Crippen molar-refractivity contribution in [1.82, 2.24) is 9.55 Å². The lowest BCUT2D eigenvalue weighted by molar-refractivity contribution is 0.475. The van der Waals surface area contributed by atoms with Crippen LogP contribution < -0.4 is 11.0 Å². The van der Waals surface area contributed by atoms with Gasteiger partial charge in [0, 0.05) is 0 Å². The average Bonchev–Trinajstić information content (AvgIpc) is 2.78. The van der Waals surface area contributed by atoms with Gasteiger partial charge in [0.05, 0.1) is 22.3 Å². The lowest BCUT2D eigenvalue weighted by Gasteiger charge is -2.14. The lowest BCUT2D eigenvalue weighted by atomic mass is 10.0. The molecule has 0 atom stereocenters. The van der Waals surface area contributed by atoms with Crippen LogP contribution in [0.1, 0.15) is 37.8 Å². The Bertz CT molecular complexity index is 1300. The molecule has 0 spiro atoms. The Kier molecular flexibility index (Phi) is 5.54.